The van der Waals surface area contributed by atoms with Gasteiger partial charge in [0.1, 0.15) is 5.82 Å². The molecule has 0 amide bonds. The number of benzene rings is 1. The molecule has 0 aliphatic carbocycles. The topological polar surface area (TPSA) is 53.1 Å². The summed E-state index contributed by atoms with van der Waals surface area (Å²) < 4.78 is 8.10. The summed E-state index contributed by atoms with van der Waals surface area (Å²) in [4.78, 5) is 4.83. The number of nitrogens with zero attached hydrogens (tertiary/aromatic N) is 2. The van der Waals surface area contributed by atoms with Gasteiger partial charge in [-0.15, -0.1) is 0 Å². The Labute approximate surface area is 126 Å². The Bertz CT molecular complexity index is 633. The van der Waals surface area contributed by atoms with E-state index in [1.54, 1.807) is 0 Å². The van der Waals surface area contributed by atoms with E-state index in [1.165, 1.54) is 18.4 Å². The third-order valence-electron chi connectivity index (χ3n) is 4.14. The van der Waals surface area contributed by atoms with Crippen molar-refractivity contribution >= 4 is 16.7 Å². The highest BCUT2D eigenvalue weighted by molar-refractivity contribution is 5.79. The second-order valence-corrected chi connectivity index (χ2v) is 7.01. The van der Waals surface area contributed by atoms with E-state index in [1.807, 2.05) is 12.1 Å². The van der Waals surface area contributed by atoms with Crippen molar-refractivity contribution < 1.29 is 4.74 Å². The highest BCUT2D eigenvalue weighted by Crippen LogP contribution is 2.28. The number of aryl methyl sites for hydroxylation is 1. The summed E-state index contributed by atoms with van der Waals surface area (Å²) in [5.41, 5.74) is 8.85. The largest absolute Gasteiger partial charge is 0.399 e. The molecule has 3 rings (SSSR count). The van der Waals surface area contributed by atoms with Crippen LogP contribution < -0.4 is 5.73 Å². The Morgan fingerprint density at radius 1 is 1.38 bits per heavy atom. The molecule has 1 unspecified atom stereocenters. The molecule has 2 aromatic rings. The maximum Gasteiger partial charge on any atom is 0.115 e. The maximum absolute atomic E-state index is 5.90. The van der Waals surface area contributed by atoms with Gasteiger partial charge in [0.25, 0.3) is 0 Å². The van der Waals surface area contributed by atoms with Crippen LogP contribution >= 0.6 is 0 Å². The Kier molecular flexibility index (Phi) is 3.66. The second kappa shape index (κ2) is 5.34. The maximum atomic E-state index is 5.90. The van der Waals surface area contributed by atoms with Gasteiger partial charge in [-0.25, -0.2) is 4.98 Å². The van der Waals surface area contributed by atoms with Crippen molar-refractivity contribution in [1.82, 2.24) is 9.55 Å². The molecular formula is C17H25N3O. The van der Waals surface area contributed by atoms with Gasteiger partial charge in [0, 0.05) is 24.3 Å². The highest BCUT2D eigenvalue weighted by atomic mass is 16.5. The predicted molar refractivity (Wildman–Crippen MR) is 86.4 cm³/mol. The zero-order valence-corrected chi connectivity index (χ0v) is 13.2. The highest BCUT2D eigenvalue weighted by Gasteiger charge is 2.24. The number of rotatable bonds is 3. The van der Waals surface area contributed by atoms with Gasteiger partial charge in [0.05, 0.1) is 17.1 Å². The van der Waals surface area contributed by atoms with E-state index in [9.17, 15) is 0 Å². The van der Waals surface area contributed by atoms with Crippen LogP contribution in [0.15, 0.2) is 18.2 Å². The van der Waals surface area contributed by atoms with Crippen molar-refractivity contribution in [2.24, 2.45) is 0 Å². The monoisotopic (exact) mass is 287 g/mol. The number of hydrogen-bond acceptors (Lipinski definition) is 3. The minimum Gasteiger partial charge on any atom is -0.399 e. The van der Waals surface area contributed by atoms with Gasteiger partial charge < -0.3 is 15.0 Å². The smallest absolute Gasteiger partial charge is 0.115 e. The molecule has 1 aromatic heterocycles. The van der Waals surface area contributed by atoms with Crippen LogP contribution in [0.25, 0.3) is 11.0 Å². The molecule has 1 aliphatic rings. The van der Waals surface area contributed by atoms with Gasteiger partial charge in [0.2, 0.25) is 0 Å². The number of nitrogen functional groups attached to an aromatic ring is 1. The van der Waals surface area contributed by atoms with Crippen LogP contribution in [0.4, 0.5) is 5.69 Å². The minimum atomic E-state index is 0.0182. The molecule has 21 heavy (non-hydrogen) atoms. The fourth-order valence-electron chi connectivity index (χ4n) is 3.09. The molecule has 1 saturated heterocycles. The molecule has 4 nitrogen and oxygen atoms in total. The number of aromatic nitrogens is 2. The lowest BCUT2D eigenvalue weighted by atomic mass is 9.95. The first-order valence-corrected chi connectivity index (χ1v) is 7.83. The molecule has 114 valence electrons. The van der Waals surface area contributed by atoms with Gasteiger partial charge in [0.15, 0.2) is 0 Å². The van der Waals surface area contributed by atoms with Gasteiger partial charge in [-0.1, -0.05) is 20.8 Å². The zero-order valence-electron chi connectivity index (χ0n) is 13.2. The third-order valence-corrected chi connectivity index (χ3v) is 4.14. The average molecular weight is 287 g/mol. The normalized spacial score (nSPS) is 19.5. The van der Waals surface area contributed by atoms with E-state index in [4.69, 9.17) is 15.5 Å². The van der Waals surface area contributed by atoms with Crippen LogP contribution in [0.3, 0.4) is 0 Å². The molecule has 0 saturated carbocycles. The number of imidazole rings is 1. The van der Waals surface area contributed by atoms with E-state index in [-0.39, 0.29) is 5.41 Å². The second-order valence-electron chi connectivity index (χ2n) is 7.01. The van der Waals surface area contributed by atoms with Crippen molar-refractivity contribution in [3.05, 3.63) is 24.0 Å². The van der Waals surface area contributed by atoms with Crippen LogP contribution in [-0.2, 0) is 16.7 Å². The first-order valence-electron chi connectivity index (χ1n) is 7.83. The summed E-state index contributed by atoms with van der Waals surface area (Å²) in [5, 5.41) is 0. The number of fused-ring (bicyclic) bond motifs is 1. The Morgan fingerprint density at radius 3 is 2.86 bits per heavy atom. The van der Waals surface area contributed by atoms with Gasteiger partial charge in [-0.3, -0.25) is 0 Å². The van der Waals surface area contributed by atoms with Crippen molar-refractivity contribution in [1.29, 1.82) is 0 Å². The quantitative estimate of drug-likeness (QED) is 0.879. The summed E-state index contributed by atoms with van der Waals surface area (Å²) in [6.45, 7) is 8.50. The van der Waals surface area contributed by atoms with Gasteiger partial charge >= 0.3 is 0 Å². The molecule has 2 heterocycles. The average Bonchev–Trinajstić information content (AvgIpc) is 3.01. The lowest BCUT2D eigenvalue weighted by molar-refractivity contribution is 0.100. The van der Waals surface area contributed by atoms with Crippen LogP contribution in [0.1, 0.15) is 45.9 Å². The Hall–Kier alpha value is -1.55. The molecule has 0 bridgehead atoms. The lowest BCUT2D eigenvalue weighted by Crippen LogP contribution is -2.20. The van der Waals surface area contributed by atoms with E-state index in [2.05, 4.69) is 31.4 Å². The summed E-state index contributed by atoms with van der Waals surface area (Å²) in [6.07, 6.45) is 3.84. The lowest BCUT2D eigenvalue weighted by Gasteiger charge is -2.21. The van der Waals surface area contributed by atoms with E-state index in [0.717, 1.165) is 36.6 Å². The van der Waals surface area contributed by atoms with Crippen LogP contribution in [0.2, 0.25) is 0 Å². The van der Waals surface area contributed by atoms with Crippen molar-refractivity contribution in [3.63, 3.8) is 0 Å². The van der Waals surface area contributed by atoms with Gasteiger partial charge in [-0.2, -0.15) is 0 Å². The van der Waals surface area contributed by atoms with Crippen LogP contribution in [0.5, 0.6) is 0 Å². The van der Waals surface area contributed by atoms with E-state index in [0.29, 0.717) is 6.10 Å². The number of nitrogens with two attached hydrogens (primary N) is 1. The van der Waals surface area contributed by atoms with E-state index >= 15 is 0 Å². The summed E-state index contributed by atoms with van der Waals surface area (Å²) in [7, 11) is 0. The van der Waals surface area contributed by atoms with Crippen molar-refractivity contribution in [2.75, 3.05) is 12.3 Å². The third kappa shape index (κ3) is 2.91. The summed E-state index contributed by atoms with van der Waals surface area (Å²) >= 11 is 0. The molecule has 1 atom stereocenters. The van der Waals surface area contributed by atoms with Crippen molar-refractivity contribution in [2.45, 2.75) is 58.1 Å². The molecule has 1 aromatic carbocycles. The Balaban J connectivity index is 1.96. The standard InChI is InChI=1S/C17H25N3O/c1-17(2,3)16-19-14-11-12(18)6-7-15(14)20(16)9-8-13-5-4-10-21-13/h6-7,11,13H,4-5,8-10,18H2,1-3H3. The predicted octanol–water partition coefficient (Wildman–Crippen LogP) is 3.49. The first kappa shape index (κ1) is 14.4. The number of hydrogen-bond donors (Lipinski definition) is 1. The summed E-state index contributed by atoms with van der Waals surface area (Å²) in [6, 6.07) is 6.01. The molecule has 4 heteroatoms. The molecular weight excluding hydrogens is 262 g/mol. The molecule has 1 aliphatic heterocycles. The molecule has 1 fully saturated rings. The fraction of sp³-hybridized carbons (Fsp3) is 0.588. The SMILES string of the molecule is CC(C)(C)c1nc2cc(N)ccc2n1CCC1CCCO1. The molecule has 0 radical (unpaired) electrons. The fourth-order valence-corrected chi connectivity index (χ4v) is 3.09. The number of anilines is 1. The first-order chi connectivity index (χ1) is 9.95. The number of ether oxygens (including phenoxy) is 1. The van der Waals surface area contributed by atoms with Crippen LogP contribution in [-0.4, -0.2) is 22.3 Å². The van der Waals surface area contributed by atoms with Gasteiger partial charge in [-0.05, 0) is 37.5 Å². The van der Waals surface area contributed by atoms with Crippen LogP contribution in [0, 0.1) is 0 Å². The molecule has 2 N–H and O–H groups in total. The Morgan fingerprint density at radius 2 is 2.19 bits per heavy atom. The minimum absolute atomic E-state index is 0.0182. The van der Waals surface area contributed by atoms with Crippen molar-refractivity contribution in [3.8, 4) is 0 Å². The zero-order chi connectivity index (χ0) is 15.0. The van der Waals surface area contributed by atoms with E-state index < -0.39 is 0 Å². The summed E-state index contributed by atoms with van der Waals surface area (Å²) in [5.74, 6) is 1.13. The molecule has 0 spiro atoms.